The summed E-state index contributed by atoms with van der Waals surface area (Å²) in [6, 6.07) is 1.12. The van der Waals surface area contributed by atoms with Gasteiger partial charge in [0.2, 0.25) is 0 Å². The Morgan fingerprint density at radius 1 is 1.31 bits per heavy atom. The summed E-state index contributed by atoms with van der Waals surface area (Å²) in [7, 11) is 0. The number of phenols is 2. The molecule has 0 unspecified atom stereocenters. The largest absolute Gasteiger partial charge is 0.505 e. The Bertz CT molecular complexity index is 429. The minimum absolute atomic E-state index is 0.0917. The molecule has 0 fully saturated rings. The van der Waals surface area contributed by atoms with Crippen LogP contribution in [0.25, 0.3) is 0 Å². The molecule has 0 saturated carbocycles. The number of anilines is 2. The zero-order valence-electron chi connectivity index (χ0n) is 9.02. The van der Waals surface area contributed by atoms with Crippen LogP contribution >= 0.6 is 0 Å². The first-order valence-corrected chi connectivity index (χ1v) is 4.65. The summed E-state index contributed by atoms with van der Waals surface area (Å²) in [6.07, 6.45) is -0.330. The molecule has 16 heavy (non-hydrogen) atoms. The Morgan fingerprint density at radius 2 is 1.88 bits per heavy atom. The molecule has 1 aromatic rings. The molecule has 0 aliphatic rings. The van der Waals surface area contributed by atoms with E-state index in [0.717, 1.165) is 6.07 Å². The van der Waals surface area contributed by atoms with Crippen LogP contribution in [-0.2, 0) is 4.74 Å². The van der Waals surface area contributed by atoms with E-state index in [1.807, 2.05) is 0 Å². The summed E-state index contributed by atoms with van der Waals surface area (Å²) in [5, 5.41) is 18.9. The second-order valence-corrected chi connectivity index (χ2v) is 3.58. The van der Waals surface area contributed by atoms with E-state index in [0.29, 0.717) is 0 Å². The summed E-state index contributed by atoms with van der Waals surface area (Å²) in [5.41, 5.74) is 10.2. The van der Waals surface area contributed by atoms with Gasteiger partial charge in [-0.2, -0.15) is 0 Å². The van der Waals surface area contributed by atoms with Crippen LogP contribution in [0.15, 0.2) is 6.07 Å². The standard InChI is InChI=1S/C10H14N2O4/c1-4(2)16-10(15)5-3-6(11)9(14)7(12)8(5)13/h3-4,13-14H,11-12H2,1-2H3. The van der Waals surface area contributed by atoms with Crippen LogP contribution in [-0.4, -0.2) is 22.3 Å². The third-order valence-corrected chi connectivity index (χ3v) is 1.90. The molecule has 0 amide bonds. The van der Waals surface area contributed by atoms with Gasteiger partial charge in [0.1, 0.15) is 11.3 Å². The molecule has 0 saturated heterocycles. The highest BCUT2D eigenvalue weighted by Crippen LogP contribution is 2.38. The van der Waals surface area contributed by atoms with Crippen molar-refractivity contribution in [1.29, 1.82) is 0 Å². The van der Waals surface area contributed by atoms with Crippen molar-refractivity contribution < 1.29 is 19.7 Å². The van der Waals surface area contributed by atoms with Crippen LogP contribution in [0, 0.1) is 0 Å². The van der Waals surface area contributed by atoms with E-state index in [-0.39, 0.29) is 23.0 Å². The predicted molar refractivity (Wildman–Crippen MR) is 59.1 cm³/mol. The minimum atomic E-state index is -0.745. The summed E-state index contributed by atoms with van der Waals surface area (Å²) < 4.78 is 4.88. The van der Waals surface area contributed by atoms with E-state index < -0.39 is 17.5 Å². The van der Waals surface area contributed by atoms with E-state index in [1.54, 1.807) is 13.8 Å². The molecule has 88 valence electrons. The molecule has 0 radical (unpaired) electrons. The van der Waals surface area contributed by atoms with Crippen LogP contribution in [0.3, 0.4) is 0 Å². The van der Waals surface area contributed by atoms with Gasteiger partial charge in [-0.3, -0.25) is 0 Å². The molecular formula is C10H14N2O4. The van der Waals surface area contributed by atoms with E-state index in [2.05, 4.69) is 0 Å². The van der Waals surface area contributed by atoms with Crippen molar-refractivity contribution >= 4 is 17.3 Å². The average Bonchev–Trinajstić information content (AvgIpc) is 2.19. The molecular weight excluding hydrogens is 212 g/mol. The van der Waals surface area contributed by atoms with E-state index in [9.17, 15) is 15.0 Å². The molecule has 0 aliphatic heterocycles. The fourth-order valence-electron chi connectivity index (χ4n) is 1.14. The summed E-state index contributed by atoms with van der Waals surface area (Å²) >= 11 is 0. The number of nitrogen functional groups attached to an aromatic ring is 2. The van der Waals surface area contributed by atoms with Gasteiger partial charge in [0, 0.05) is 0 Å². The third-order valence-electron chi connectivity index (χ3n) is 1.90. The molecule has 1 rings (SSSR count). The lowest BCUT2D eigenvalue weighted by Gasteiger charge is -2.12. The van der Waals surface area contributed by atoms with Crippen molar-refractivity contribution in [2.75, 3.05) is 11.5 Å². The van der Waals surface area contributed by atoms with Crippen LogP contribution in [0.5, 0.6) is 11.5 Å². The molecule has 6 heteroatoms. The lowest BCUT2D eigenvalue weighted by molar-refractivity contribution is 0.0375. The molecule has 1 aromatic carbocycles. The van der Waals surface area contributed by atoms with Gasteiger partial charge in [-0.15, -0.1) is 0 Å². The van der Waals surface area contributed by atoms with Gasteiger partial charge in [0.05, 0.1) is 11.8 Å². The number of phenolic OH excluding ortho intramolecular Hbond substituents is 2. The van der Waals surface area contributed by atoms with Gasteiger partial charge >= 0.3 is 5.97 Å². The number of carbonyl (C=O) groups excluding carboxylic acids is 1. The minimum Gasteiger partial charge on any atom is -0.505 e. The zero-order valence-corrected chi connectivity index (χ0v) is 9.02. The Labute approximate surface area is 92.4 Å². The molecule has 6 N–H and O–H groups in total. The molecule has 0 aromatic heterocycles. The van der Waals surface area contributed by atoms with Crippen molar-refractivity contribution in [3.8, 4) is 11.5 Å². The van der Waals surface area contributed by atoms with Crippen LogP contribution < -0.4 is 11.5 Å². The maximum Gasteiger partial charge on any atom is 0.342 e. The van der Waals surface area contributed by atoms with Crippen molar-refractivity contribution in [2.24, 2.45) is 0 Å². The van der Waals surface area contributed by atoms with Gasteiger partial charge in [0.15, 0.2) is 11.5 Å². The Balaban J connectivity index is 3.20. The number of benzene rings is 1. The fourth-order valence-corrected chi connectivity index (χ4v) is 1.14. The number of aromatic hydroxyl groups is 2. The number of esters is 1. The van der Waals surface area contributed by atoms with Crippen molar-refractivity contribution in [2.45, 2.75) is 20.0 Å². The van der Waals surface area contributed by atoms with E-state index in [4.69, 9.17) is 16.2 Å². The highest BCUT2D eigenvalue weighted by molar-refractivity contribution is 5.97. The number of nitrogens with two attached hydrogens (primary N) is 2. The van der Waals surface area contributed by atoms with Crippen molar-refractivity contribution in [3.05, 3.63) is 11.6 Å². The van der Waals surface area contributed by atoms with E-state index >= 15 is 0 Å². The second-order valence-electron chi connectivity index (χ2n) is 3.58. The smallest absolute Gasteiger partial charge is 0.342 e. The molecule has 0 bridgehead atoms. The molecule has 6 nitrogen and oxygen atoms in total. The number of rotatable bonds is 2. The lowest BCUT2D eigenvalue weighted by atomic mass is 10.1. The maximum atomic E-state index is 11.5. The quantitative estimate of drug-likeness (QED) is 0.256. The SMILES string of the molecule is CC(C)OC(=O)c1cc(N)c(O)c(N)c1O. The fraction of sp³-hybridized carbons (Fsp3) is 0.300. The van der Waals surface area contributed by atoms with Gasteiger partial charge in [0.25, 0.3) is 0 Å². The molecule has 0 spiro atoms. The molecule has 0 aliphatic carbocycles. The first-order chi connectivity index (χ1) is 7.34. The van der Waals surface area contributed by atoms with Gasteiger partial charge in [-0.05, 0) is 19.9 Å². The summed E-state index contributed by atoms with van der Waals surface area (Å²) in [5.74, 6) is -1.72. The van der Waals surface area contributed by atoms with Crippen LogP contribution in [0.1, 0.15) is 24.2 Å². The van der Waals surface area contributed by atoms with Crippen molar-refractivity contribution in [1.82, 2.24) is 0 Å². The normalized spacial score (nSPS) is 10.4. The van der Waals surface area contributed by atoms with Crippen molar-refractivity contribution in [3.63, 3.8) is 0 Å². The van der Waals surface area contributed by atoms with Crippen LogP contribution in [0.4, 0.5) is 11.4 Å². The Hall–Kier alpha value is -2.11. The maximum absolute atomic E-state index is 11.5. The average molecular weight is 226 g/mol. The number of carbonyl (C=O) groups is 1. The molecule has 0 atom stereocenters. The first kappa shape index (κ1) is 12.0. The first-order valence-electron chi connectivity index (χ1n) is 4.65. The van der Waals surface area contributed by atoms with Gasteiger partial charge in [-0.1, -0.05) is 0 Å². The van der Waals surface area contributed by atoms with Gasteiger partial charge < -0.3 is 26.4 Å². The second kappa shape index (κ2) is 4.18. The molecule has 0 heterocycles. The lowest BCUT2D eigenvalue weighted by Crippen LogP contribution is -2.12. The number of ether oxygens (including phenoxy) is 1. The third kappa shape index (κ3) is 2.10. The highest BCUT2D eigenvalue weighted by Gasteiger charge is 2.20. The predicted octanol–water partition coefficient (Wildman–Crippen LogP) is 0.827. The number of hydrogen-bond acceptors (Lipinski definition) is 6. The monoisotopic (exact) mass is 226 g/mol. The summed E-state index contributed by atoms with van der Waals surface area (Å²) in [4.78, 5) is 11.5. The van der Waals surface area contributed by atoms with Crippen LogP contribution in [0.2, 0.25) is 0 Å². The number of hydrogen-bond donors (Lipinski definition) is 4. The Kier molecular flexibility index (Phi) is 3.12. The van der Waals surface area contributed by atoms with E-state index in [1.165, 1.54) is 0 Å². The van der Waals surface area contributed by atoms with Gasteiger partial charge in [-0.25, -0.2) is 4.79 Å². The summed E-state index contributed by atoms with van der Waals surface area (Å²) in [6.45, 7) is 3.34. The highest BCUT2D eigenvalue weighted by atomic mass is 16.5. The topological polar surface area (TPSA) is 119 Å². The Morgan fingerprint density at radius 3 is 2.38 bits per heavy atom. The zero-order chi connectivity index (χ0) is 12.5.